The monoisotopic (exact) mass is 478 g/mol. The van der Waals surface area contributed by atoms with Crippen LogP contribution >= 0.6 is 11.3 Å². The second kappa shape index (κ2) is 9.85. The summed E-state index contributed by atoms with van der Waals surface area (Å²) >= 11 is 1.52. The number of sulfone groups is 1. The van der Waals surface area contributed by atoms with Crippen molar-refractivity contribution >= 4 is 42.4 Å². The van der Waals surface area contributed by atoms with Gasteiger partial charge in [0.2, 0.25) is 5.91 Å². The molecule has 0 fully saturated rings. The zero-order valence-electron chi connectivity index (χ0n) is 18.7. The molecule has 0 unspecified atom stereocenters. The van der Waals surface area contributed by atoms with Gasteiger partial charge in [0, 0.05) is 0 Å². The standard InChI is InChI=1S/C26H26N2O3S2/c1-3-21-11-8-12-23-25(21)27-26(32-23)28(18-20-9-6-5-7-10-20)24(29)17-19-13-15-22(16-14-19)33(30,31)4-2/h5-16H,3-4,17-18H2,1-2H3. The molecule has 0 aliphatic rings. The van der Waals surface area contributed by atoms with Gasteiger partial charge in [0.25, 0.3) is 0 Å². The summed E-state index contributed by atoms with van der Waals surface area (Å²) in [5.74, 6) is -0.0323. The fraction of sp³-hybridized carbons (Fsp3) is 0.231. The Labute approximate surface area is 198 Å². The number of thiazole rings is 1. The summed E-state index contributed by atoms with van der Waals surface area (Å²) in [5, 5.41) is 0.671. The minimum absolute atomic E-state index is 0.0491. The first-order valence-electron chi connectivity index (χ1n) is 11.0. The van der Waals surface area contributed by atoms with Crippen molar-refractivity contribution in [3.63, 3.8) is 0 Å². The highest BCUT2D eigenvalue weighted by Crippen LogP contribution is 2.32. The van der Waals surface area contributed by atoms with E-state index in [0.29, 0.717) is 11.7 Å². The number of aryl methyl sites for hydroxylation is 1. The third-order valence-electron chi connectivity index (χ3n) is 5.61. The minimum atomic E-state index is -3.27. The van der Waals surface area contributed by atoms with Gasteiger partial charge in [-0.1, -0.05) is 79.8 Å². The Kier molecular flexibility index (Phi) is 6.91. The Morgan fingerprint density at radius 1 is 0.909 bits per heavy atom. The smallest absolute Gasteiger partial charge is 0.233 e. The zero-order valence-corrected chi connectivity index (χ0v) is 20.3. The third kappa shape index (κ3) is 5.15. The molecule has 5 nitrogen and oxygen atoms in total. The van der Waals surface area contributed by atoms with Crippen LogP contribution in [0.25, 0.3) is 10.2 Å². The van der Waals surface area contributed by atoms with Gasteiger partial charge < -0.3 is 0 Å². The van der Waals surface area contributed by atoms with Crippen molar-refractivity contribution in [2.24, 2.45) is 0 Å². The number of anilines is 1. The maximum absolute atomic E-state index is 13.5. The Morgan fingerprint density at radius 3 is 2.30 bits per heavy atom. The Morgan fingerprint density at radius 2 is 1.64 bits per heavy atom. The largest absolute Gasteiger partial charge is 0.283 e. The van der Waals surface area contributed by atoms with Gasteiger partial charge in [-0.15, -0.1) is 0 Å². The van der Waals surface area contributed by atoms with Gasteiger partial charge >= 0.3 is 0 Å². The van der Waals surface area contributed by atoms with Crippen molar-refractivity contribution in [2.45, 2.75) is 38.1 Å². The molecule has 0 aliphatic carbocycles. The fourth-order valence-corrected chi connectivity index (χ4v) is 5.59. The van der Waals surface area contributed by atoms with Crippen LogP contribution in [0.2, 0.25) is 0 Å². The summed E-state index contributed by atoms with van der Waals surface area (Å²) in [6, 6.07) is 22.6. The molecule has 1 heterocycles. The van der Waals surface area contributed by atoms with Gasteiger partial charge in [0.15, 0.2) is 15.0 Å². The minimum Gasteiger partial charge on any atom is -0.283 e. The molecule has 0 bridgehead atoms. The number of benzene rings is 3. The highest BCUT2D eigenvalue weighted by molar-refractivity contribution is 7.91. The SMILES string of the molecule is CCc1cccc2sc(N(Cc3ccccc3)C(=O)Cc3ccc(S(=O)(=O)CC)cc3)nc12. The molecule has 7 heteroatoms. The molecule has 33 heavy (non-hydrogen) atoms. The van der Waals surface area contributed by atoms with Gasteiger partial charge in [0.1, 0.15) is 0 Å². The number of hydrogen-bond acceptors (Lipinski definition) is 5. The molecule has 0 atom stereocenters. The molecule has 1 aromatic heterocycles. The third-order valence-corrected chi connectivity index (χ3v) is 8.40. The van der Waals surface area contributed by atoms with Crippen LogP contribution in [0.4, 0.5) is 5.13 Å². The van der Waals surface area contributed by atoms with E-state index in [9.17, 15) is 13.2 Å². The first kappa shape index (κ1) is 23.1. The van der Waals surface area contributed by atoms with Crippen molar-refractivity contribution in [3.05, 3.63) is 89.5 Å². The molecule has 0 saturated carbocycles. The molecule has 0 N–H and O–H groups in total. The number of aromatic nitrogens is 1. The van der Waals surface area contributed by atoms with Crippen molar-refractivity contribution in [2.75, 3.05) is 10.7 Å². The van der Waals surface area contributed by atoms with Crippen LogP contribution in [-0.2, 0) is 34.0 Å². The van der Waals surface area contributed by atoms with E-state index >= 15 is 0 Å². The van der Waals surface area contributed by atoms with E-state index < -0.39 is 9.84 Å². The summed E-state index contributed by atoms with van der Waals surface area (Å²) in [6.07, 6.45) is 1.04. The van der Waals surface area contributed by atoms with Crippen molar-refractivity contribution in [1.29, 1.82) is 0 Å². The predicted molar refractivity (Wildman–Crippen MR) is 135 cm³/mol. The number of hydrogen-bond donors (Lipinski definition) is 0. The van der Waals surface area contributed by atoms with Crippen molar-refractivity contribution in [1.82, 2.24) is 4.98 Å². The molecule has 0 radical (unpaired) electrons. The van der Waals surface area contributed by atoms with Crippen LogP contribution in [-0.4, -0.2) is 25.1 Å². The molecular formula is C26H26N2O3S2. The van der Waals surface area contributed by atoms with Crippen molar-refractivity contribution in [3.8, 4) is 0 Å². The van der Waals surface area contributed by atoms with E-state index in [4.69, 9.17) is 4.98 Å². The Bertz CT molecular complexity index is 1360. The van der Waals surface area contributed by atoms with Crippen LogP contribution in [0.15, 0.2) is 77.7 Å². The van der Waals surface area contributed by atoms with Crippen LogP contribution in [0.3, 0.4) is 0 Å². The summed E-state index contributed by atoms with van der Waals surface area (Å²) in [5.41, 5.74) is 3.89. The second-order valence-electron chi connectivity index (χ2n) is 7.80. The number of carbonyl (C=O) groups is 1. The zero-order chi connectivity index (χ0) is 23.4. The summed E-state index contributed by atoms with van der Waals surface area (Å²) < 4.78 is 25.2. The second-order valence-corrected chi connectivity index (χ2v) is 11.1. The first-order chi connectivity index (χ1) is 15.9. The van der Waals surface area contributed by atoms with E-state index in [0.717, 1.165) is 33.3 Å². The molecular weight excluding hydrogens is 452 g/mol. The lowest BCUT2D eigenvalue weighted by Crippen LogP contribution is -2.31. The normalized spacial score (nSPS) is 11.6. The molecule has 170 valence electrons. The molecule has 3 aromatic carbocycles. The average molecular weight is 479 g/mol. The van der Waals surface area contributed by atoms with Crippen molar-refractivity contribution < 1.29 is 13.2 Å². The number of amides is 1. The molecule has 4 aromatic rings. The average Bonchev–Trinajstić information content (AvgIpc) is 3.27. The Balaban J connectivity index is 1.66. The molecule has 0 saturated heterocycles. The molecule has 4 rings (SSSR count). The van der Waals surface area contributed by atoms with Gasteiger partial charge in [-0.2, -0.15) is 0 Å². The van der Waals surface area contributed by atoms with Crippen LogP contribution < -0.4 is 4.90 Å². The van der Waals surface area contributed by atoms with E-state index in [1.54, 1.807) is 36.1 Å². The van der Waals surface area contributed by atoms with Gasteiger partial charge in [0.05, 0.1) is 33.8 Å². The lowest BCUT2D eigenvalue weighted by atomic mass is 10.1. The van der Waals surface area contributed by atoms with Gasteiger partial charge in [-0.05, 0) is 41.3 Å². The van der Waals surface area contributed by atoms with E-state index in [2.05, 4.69) is 13.0 Å². The Hall–Kier alpha value is -3.03. The van der Waals surface area contributed by atoms with E-state index in [1.807, 2.05) is 42.5 Å². The number of carbonyl (C=O) groups excluding carboxylic acids is 1. The van der Waals surface area contributed by atoms with Crippen LogP contribution in [0, 0.1) is 0 Å². The van der Waals surface area contributed by atoms with Gasteiger partial charge in [-0.25, -0.2) is 13.4 Å². The first-order valence-corrected chi connectivity index (χ1v) is 13.4. The van der Waals surface area contributed by atoms with E-state index in [-0.39, 0.29) is 23.0 Å². The number of nitrogens with zero attached hydrogens (tertiary/aromatic N) is 2. The summed E-state index contributed by atoms with van der Waals surface area (Å²) in [4.78, 5) is 20.3. The van der Waals surface area contributed by atoms with Crippen LogP contribution in [0.1, 0.15) is 30.5 Å². The highest BCUT2D eigenvalue weighted by Gasteiger charge is 2.21. The molecule has 0 spiro atoms. The number of para-hydroxylation sites is 1. The lowest BCUT2D eigenvalue weighted by Gasteiger charge is -2.20. The molecule has 0 aliphatic heterocycles. The van der Waals surface area contributed by atoms with Gasteiger partial charge in [-0.3, -0.25) is 9.69 Å². The number of fused-ring (bicyclic) bond motifs is 1. The van der Waals surface area contributed by atoms with E-state index in [1.165, 1.54) is 11.3 Å². The predicted octanol–water partition coefficient (Wildman–Crippen LogP) is 5.43. The topological polar surface area (TPSA) is 67.3 Å². The molecule has 1 amide bonds. The summed E-state index contributed by atoms with van der Waals surface area (Å²) in [7, 11) is -3.27. The fourth-order valence-electron chi connectivity index (χ4n) is 3.67. The lowest BCUT2D eigenvalue weighted by molar-refractivity contribution is -0.118. The summed E-state index contributed by atoms with van der Waals surface area (Å²) in [6.45, 7) is 4.14. The maximum atomic E-state index is 13.5. The maximum Gasteiger partial charge on any atom is 0.233 e. The number of rotatable bonds is 8. The highest BCUT2D eigenvalue weighted by atomic mass is 32.2. The quantitative estimate of drug-likeness (QED) is 0.339. The van der Waals surface area contributed by atoms with Crippen LogP contribution in [0.5, 0.6) is 0 Å².